The summed E-state index contributed by atoms with van der Waals surface area (Å²) in [7, 11) is 0. The highest BCUT2D eigenvalue weighted by Crippen LogP contribution is 2.44. The number of allylic oxidation sites excluding steroid dienone is 1. The summed E-state index contributed by atoms with van der Waals surface area (Å²) in [4.78, 5) is 35.3. The third kappa shape index (κ3) is 4.10. The van der Waals surface area contributed by atoms with Crippen LogP contribution in [0, 0.1) is 5.92 Å². The number of fused-ring (bicyclic) bond motifs is 1. The van der Waals surface area contributed by atoms with Gasteiger partial charge in [0.05, 0.1) is 11.7 Å². The summed E-state index contributed by atoms with van der Waals surface area (Å²) in [5.74, 6) is -0.448. The molecule has 1 aromatic heterocycles. The van der Waals surface area contributed by atoms with Gasteiger partial charge in [-0.2, -0.15) is 0 Å². The van der Waals surface area contributed by atoms with Crippen molar-refractivity contribution in [3.05, 3.63) is 28.8 Å². The number of ether oxygens (including phenoxy) is 2. The third-order valence-electron chi connectivity index (χ3n) is 5.43. The number of hydrogen-bond donors (Lipinski definition) is 0. The molecule has 8 heteroatoms. The van der Waals surface area contributed by atoms with E-state index in [0.717, 1.165) is 11.1 Å². The molecular formula is C21H28ClN3O4. The van der Waals surface area contributed by atoms with Crippen LogP contribution < -0.4 is 0 Å². The van der Waals surface area contributed by atoms with Gasteiger partial charge in [-0.1, -0.05) is 31.5 Å². The molecule has 1 fully saturated rings. The number of esters is 1. The van der Waals surface area contributed by atoms with Gasteiger partial charge in [0.2, 0.25) is 0 Å². The van der Waals surface area contributed by atoms with Crippen molar-refractivity contribution in [2.45, 2.75) is 78.2 Å². The van der Waals surface area contributed by atoms with Gasteiger partial charge in [0, 0.05) is 30.0 Å². The summed E-state index contributed by atoms with van der Waals surface area (Å²) in [5, 5.41) is 0.396. The highest BCUT2D eigenvalue weighted by atomic mass is 35.5. The second-order valence-corrected chi connectivity index (χ2v) is 8.95. The van der Waals surface area contributed by atoms with Crippen molar-refractivity contribution in [2.75, 3.05) is 0 Å². The second kappa shape index (κ2) is 7.94. The molecule has 4 atom stereocenters. The van der Waals surface area contributed by atoms with Crippen LogP contribution in [0.5, 0.6) is 0 Å². The fraction of sp³-hybridized carbons (Fsp3) is 0.619. The lowest BCUT2D eigenvalue weighted by molar-refractivity contribution is -0.148. The topological polar surface area (TPSA) is 81.6 Å². The fourth-order valence-electron chi connectivity index (χ4n) is 4.34. The average molecular weight is 422 g/mol. The smallest absolute Gasteiger partial charge is 0.411 e. The van der Waals surface area contributed by atoms with Crippen molar-refractivity contribution in [3.63, 3.8) is 0 Å². The van der Waals surface area contributed by atoms with Crippen LogP contribution in [0.15, 0.2) is 12.4 Å². The van der Waals surface area contributed by atoms with Crippen LogP contribution in [0.1, 0.15) is 59.2 Å². The first kappa shape index (κ1) is 21.6. The van der Waals surface area contributed by atoms with Gasteiger partial charge in [0.1, 0.15) is 23.2 Å². The Morgan fingerprint density at radius 1 is 1.31 bits per heavy atom. The molecular weight excluding hydrogens is 394 g/mol. The normalized spacial score (nSPS) is 26.2. The molecule has 0 spiro atoms. The van der Waals surface area contributed by atoms with Crippen molar-refractivity contribution in [2.24, 2.45) is 5.92 Å². The minimum atomic E-state index is -0.643. The predicted molar refractivity (Wildman–Crippen MR) is 109 cm³/mol. The molecule has 0 N–H and O–H groups in total. The Bertz CT molecular complexity index is 849. The van der Waals surface area contributed by atoms with E-state index in [-0.39, 0.29) is 17.9 Å². The zero-order chi connectivity index (χ0) is 21.5. The number of halogens is 1. The van der Waals surface area contributed by atoms with Gasteiger partial charge in [0.15, 0.2) is 0 Å². The number of hydrogen-bond acceptors (Lipinski definition) is 6. The predicted octanol–water partition coefficient (Wildman–Crippen LogP) is 4.04. The van der Waals surface area contributed by atoms with Crippen molar-refractivity contribution in [1.29, 1.82) is 0 Å². The lowest BCUT2D eigenvalue weighted by atomic mass is 9.93. The van der Waals surface area contributed by atoms with Crippen LogP contribution in [0.2, 0.25) is 5.15 Å². The highest BCUT2D eigenvalue weighted by molar-refractivity contribution is 6.30. The van der Waals surface area contributed by atoms with Crippen LogP contribution >= 0.6 is 11.6 Å². The highest BCUT2D eigenvalue weighted by Gasteiger charge is 2.53. The fourth-order valence-corrected chi connectivity index (χ4v) is 4.55. The van der Waals surface area contributed by atoms with E-state index in [0.29, 0.717) is 23.7 Å². The molecule has 1 saturated heterocycles. The van der Waals surface area contributed by atoms with Gasteiger partial charge in [-0.15, -0.1) is 0 Å². The Labute approximate surface area is 176 Å². The quantitative estimate of drug-likeness (QED) is 0.541. The summed E-state index contributed by atoms with van der Waals surface area (Å²) in [6.07, 6.45) is 3.75. The van der Waals surface area contributed by atoms with Gasteiger partial charge in [0.25, 0.3) is 0 Å². The zero-order valence-electron chi connectivity index (χ0n) is 17.7. The van der Waals surface area contributed by atoms with Gasteiger partial charge in [-0.3, -0.25) is 9.69 Å². The molecule has 0 bridgehead atoms. The molecule has 0 radical (unpaired) electrons. The minimum absolute atomic E-state index is 0.0660. The maximum atomic E-state index is 13.2. The van der Waals surface area contributed by atoms with Crippen LogP contribution in [-0.2, 0) is 20.7 Å². The van der Waals surface area contributed by atoms with Gasteiger partial charge < -0.3 is 9.47 Å². The van der Waals surface area contributed by atoms with Crippen molar-refractivity contribution in [3.8, 4) is 0 Å². The Hall–Kier alpha value is -2.15. The summed E-state index contributed by atoms with van der Waals surface area (Å²) >= 11 is 6.26. The average Bonchev–Trinajstić information content (AvgIpc) is 3.13. The summed E-state index contributed by atoms with van der Waals surface area (Å²) in [6, 6.07) is -0.637. The molecule has 0 saturated carbocycles. The first-order valence-electron chi connectivity index (χ1n) is 9.93. The number of amides is 1. The van der Waals surface area contributed by atoms with Crippen LogP contribution in [0.3, 0.4) is 0 Å². The van der Waals surface area contributed by atoms with E-state index < -0.39 is 23.8 Å². The van der Waals surface area contributed by atoms with Gasteiger partial charge >= 0.3 is 12.1 Å². The molecule has 7 nitrogen and oxygen atoms in total. The van der Waals surface area contributed by atoms with E-state index in [4.69, 9.17) is 21.1 Å². The number of likely N-dealkylation sites (tertiary alicyclic amines) is 1. The lowest BCUT2D eigenvalue weighted by Gasteiger charge is -2.33. The summed E-state index contributed by atoms with van der Waals surface area (Å²) < 4.78 is 11.4. The summed E-state index contributed by atoms with van der Waals surface area (Å²) in [5.41, 5.74) is 1.70. The van der Waals surface area contributed by atoms with E-state index in [9.17, 15) is 9.59 Å². The van der Waals surface area contributed by atoms with E-state index in [1.165, 1.54) is 13.3 Å². The monoisotopic (exact) mass is 421 g/mol. The Morgan fingerprint density at radius 3 is 2.59 bits per heavy atom. The van der Waals surface area contributed by atoms with Crippen molar-refractivity contribution >= 4 is 29.2 Å². The third-order valence-corrected chi connectivity index (χ3v) is 5.75. The lowest BCUT2D eigenvalue weighted by Crippen LogP contribution is -2.46. The molecule has 1 amide bonds. The maximum absolute atomic E-state index is 13.2. The van der Waals surface area contributed by atoms with E-state index >= 15 is 0 Å². The number of carbonyl (C=O) groups is 2. The second-order valence-electron chi connectivity index (χ2n) is 8.60. The number of rotatable bonds is 3. The Morgan fingerprint density at radius 2 is 2.00 bits per heavy atom. The van der Waals surface area contributed by atoms with Crippen LogP contribution in [0.25, 0.3) is 5.57 Å². The molecule has 3 rings (SSSR count). The standard InChI is InChI=1S/C21H28ClN3O4/c1-7-15-11(2)18(28-12(3)26)17(25(15)20(27)29-21(4,5)6)13-8-9-14-16(13)23-10-24-19(14)22/h8,10-11,15,17-18H,7,9H2,1-6H3/t11-,15-,17+,18?/m1/s1. The molecule has 29 heavy (non-hydrogen) atoms. The summed E-state index contributed by atoms with van der Waals surface area (Å²) in [6.45, 7) is 10.9. The molecule has 2 aliphatic rings. The Kier molecular flexibility index (Phi) is 5.90. The molecule has 0 aromatic carbocycles. The Balaban J connectivity index is 2.08. The molecule has 158 valence electrons. The van der Waals surface area contributed by atoms with E-state index in [1.54, 1.807) is 4.90 Å². The minimum Gasteiger partial charge on any atom is -0.460 e. The number of nitrogens with zero attached hydrogens (tertiary/aromatic N) is 3. The molecule has 2 heterocycles. The molecule has 1 aliphatic heterocycles. The SMILES string of the molecule is CC[C@@H]1[C@@H](C)C(OC(C)=O)[C@H](C2=CCc3c(Cl)ncnc32)N1C(=O)OC(C)(C)C. The van der Waals surface area contributed by atoms with Crippen molar-refractivity contribution < 1.29 is 19.1 Å². The largest absolute Gasteiger partial charge is 0.460 e. The molecule has 1 unspecified atom stereocenters. The number of carbonyl (C=O) groups excluding carboxylic acids is 2. The zero-order valence-corrected chi connectivity index (χ0v) is 18.5. The maximum Gasteiger partial charge on any atom is 0.411 e. The molecule has 1 aromatic rings. The van der Waals surface area contributed by atoms with Crippen LogP contribution in [-0.4, -0.2) is 50.7 Å². The molecule has 1 aliphatic carbocycles. The van der Waals surface area contributed by atoms with E-state index in [2.05, 4.69) is 9.97 Å². The van der Waals surface area contributed by atoms with E-state index in [1.807, 2.05) is 40.7 Å². The van der Waals surface area contributed by atoms with Gasteiger partial charge in [-0.05, 0) is 33.6 Å². The number of aromatic nitrogens is 2. The first-order valence-corrected chi connectivity index (χ1v) is 10.3. The van der Waals surface area contributed by atoms with Gasteiger partial charge in [-0.25, -0.2) is 14.8 Å². The first-order chi connectivity index (χ1) is 13.5. The van der Waals surface area contributed by atoms with Crippen LogP contribution in [0.4, 0.5) is 4.79 Å². The van der Waals surface area contributed by atoms with Crippen molar-refractivity contribution in [1.82, 2.24) is 14.9 Å².